The predicted molar refractivity (Wildman–Crippen MR) is 163 cm³/mol. The van der Waals surface area contributed by atoms with Crippen LogP contribution in [0.15, 0.2) is 96.6 Å². The van der Waals surface area contributed by atoms with Crippen molar-refractivity contribution in [2.24, 2.45) is 5.10 Å². The number of non-ortho nitro benzene ring substituents is 1. The third-order valence-corrected chi connectivity index (χ3v) is 7.50. The number of carbonyl (C=O) groups is 1. The zero-order chi connectivity index (χ0) is 28.8. The highest BCUT2D eigenvalue weighted by Gasteiger charge is 2.15. The largest absolute Gasteiger partial charge is 0.490 e. The van der Waals surface area contributed by atoms with Gasteiger partial charge in [0, 0.05) is 27.8 Å². The zero-order valence-corrected chi connectivity index (χ0v) is 23.1. The standard InChI is InChI=1S/C32H27N3O5S/c1-3-8-23-15-21(19-33-34-32(36)30-18-25-17-26(35(37)38)13-14-29(25)41-30)16-28(39-4-2)31(23)40-20-24-11-7-10-22-9-5-6-12-27(22)24/h3,5-7,9-19H,1,4,8,20H2,2H3,(H,34,36)/b33-19-. The minimum atomic E-state index is -0.460. The van der Waals surface area contributed by atoms with Crippen LogP contribution in [0.4, 0.5) is 5.69 Å². The molecule has 0 unspecified atom stereocenters. The first kappa shape index (κ1) is 27.5. The number of hydrogen-bond acceptors (Lipinski definition) is 7. The van der Waals surface area contributed by atoms with E-state index < -0.39 is 10.8 Å². The van der Waals surface area contributed by atoms with Gasteiger partial charge in [-0.05, 0) is 59.5 Å². The van der Waals surface area contributed by atoms with E-state index in [2.05, 4.69) is 41.4 Å². The van der Waals surface area contributed by atoms with E-state index in [1.807, 2.05) is 37.3 Å². The molecule has 0 fully saturated rings. The Morgan fingerprint density at radius 1 is 1.02 bits per heavy atom. The molecule has 5 aromatic rings. The van der Waals surface area contributed by atoms with Crippen LogP contribution in [-0.2, 0) is 13.0 Å². The fourth-order valence-corrected chi connectivity index (χ4v) is 5.47. The Balaban J connectivity index is 1.35. The van der Waals surface area contributed by atoms with Crippen LogP contribution >= 0.6 is 11.3 Å². The van der Waals surface area contributed by atoms with Crippen LogP contribution in [0.5, 0.6) is 11.5 Å². The molecule has 0 radical (unpaired) electrons. The number of thiophene rings is 1. The maximum Gasteiger partial charge on any atom is 0.281 e. The van der Waals surface area contributed by atoms with E-state index in [1.54, 1.807) is 24.4 Å². The third kappa shape index (κ3) is 6.26. The van der Waals surface area contributed by atoms with Crippen molar-refractivity contribution in [3.05, 3.63) is 123 Å². The second-order valence-corrected chi connectivity index (χ2v) is 10.2. The summed E-state index contributed by atoms with van der Waals surface area (Å²) in [4.78, 5) is 23.7. The van der Waals surface area contributed by atoms with E-state index in [-0.39, 0.29) is 5.69 Å². The van der Waals surface area contributed by atoms with Crippen molar-refractivity contribution in [3.8, 4) is 11.5 Å². The Bertz CT molecular complexity index is 1790. The molecule has 0 bridgehead atoms. The molecule has 8 nitrogen and oxygen atoms in total. The molecule has 1 heterocycles. The molecule has 0 aliphatic heterocycles. The summed E-state index contributed by atoms with van der Waals surface area (Å²) in [6.07, 6.45) is 3.89. The van der Waals surface area contributed by atoms with Gasteiger partial charge in [-0.2, -0.15) is 5.10 Å². The van der Waals surface area contributed by atoms with Crippen molar-refractivity contribution in [1.29, 1.82) is 0 Å². The molecule has 4 aromatic carbocycles. The first-order chi connectivity index (χ1) is 20.0. The van der Waals surface area contributed by atoms with E-state index in [9.17, 15) is 14.9 Å². The average molecular weight is 566 g/mol. The molecule has 1 aromatic heterocycles. The number of carbonyl (C=O) groups excluding carboxylic acids is 1. The highest BCUT2D eigenvalue weighted by Crippen LogP contribution is 2.35. The van der Waals surface area contributed by atoms with Crippen molar-refractivity contribution in [2.75, 3.05) is 6.61 Å². The number of ether oxygens (including phenoxy) is 2. The zero-order valence-electron chi connectivity index (χ0n) is 22.3. The molecule has 0 saturated heterocycles. The van der Waals surface area contributed by atoms with Crippen LogP contribution in [0, 0.1) is 10.1 Å². The highest BCUT2D eigenvalue weighted by molar-refractivity contribution is 7.20. The molecule has 5 rings (SSSR count). The lowest BCUT2D eigenvalue weighted by molar-refractivity contribution is -0.384. The maximum atomic E-state index is 12.7. The smallest absolute Gasteiger partial charge is 0.281 e. The van der Waals surface area contributed by atoms with Crippen molar-refractivity contribution in [1.82, 2.24) is 5.43 Å². The van der Waals surface area contributed by atoms with Crippen LogP contribution in [0.1, 0.15) is 33.3 Å². The lowest BCUT2D eigenvalue weighted by atomic mass is 10.0. The minimum absolute atomic E-state index is 0.0229. The Kier molecular flexibility index (Phi) is 8.36. The molecular weight excluding hydrogens is 538 g/mol. The van der Waals surface area contributed by atoms with Gasteiger partial charge in [0.2, 0.25) is 0 Å². The van der Waals surface area contributed by atoms with Gasteiger partial charge in [0.1, 0.15) is 6.61 Å². The molecule has 0 saturated carbocycles. The summed E-state index contributed by atoms with van der Waals surface area (Å²) >= 11 is 1.24. The van der Waals surface area contributed by atoms with Crippen LogP contribution in [0.3, 0.4) is 0 Å². The topological polar surface area (TPSA) is 103 Å². The van der Waals surface area contributed by atoms with Gasteiger partial charge in [-0.1, -0.05) is 48.5 Å². The SMILES string of the molecule is C=CCc1cc(/C=N\NC(=O)c2cc3cc([N+](=O)[O-])ccc3s2)cc(OCC)c1OCc1cccc2ccccc12. The summed E-state index contributed by atoms with van der Waals surface area (Å²) in [7, 11) is 0. The van der Waals surface area contributed by atoms with Gasteiger partial charge in [0.05, 0.1) is 22.6 Å². The van der Waals surface area contributed by atoms with E-state index in [0.29, 0.717) is 41.4 Å². The van der Waals surface area contributed by atoms with E-state index in [1.165, 1.54) is 23.5 Å². The number of nitrogens with one attached hydrogen (secondary N) is 1. The molecule has 0 atom stereocenters. The molecule has 0 aliphatic carbocycles. The van der Waals surface area contributed by atoms with Crippen LogP contribution < -0.4 is 14.9 Å². The number of benzene rings is 4. The molecular formula is C32H27N3O5S. The number of nitro benzene ring substituents is 1. The van der Waals surface area contributed by atoms with Gasteiger partial charge in [-0.3, -0.25) is 14.9 Å². The molecule has 41 heavy (non-hydrogen) atoms. The number of nitrogens with zero attached hydrogens (tertiary/aromatic N) is 2. The quantitative estimate of drug-likeness (QED) is 0.0776. The summed E-state index contributed by atoms with van der Waals surface area (Å²) in [6, 6.07) is 24.2. The number of hydrogen-bond donors (Lipinski definition) is 1. The fourth-order valence-electron chi connectivity index (χ4n) is 4.54. The van der Waals surface area contributed by atoms with E-state index in [0.717, 1.165) is 32.2 Å². The molecule has 0 aliphatic rings. The number of fused-ring (bicyclic) bond motifs is 2. The summed E-state index contributed by atoms with van der Waals surface area (Å²) in [5.41, 5.74) is 5.19. The van der Waals surface area contributed by atoms with Gasteiger partial charge in [0.15, 0.2) is 11.5 Å². The van der Waals surface area contributed by atoms with Gasteiger partial charge in [0.25, 0.3) is 11.6 Å². The molecule has 1 N–H and O–H groups in total. The van der Waals surface area contributed by atoms with Crippen LogP contribution in [0.25, 0.3) is 20.9 Å². The number of hydrazone groups is 1. The second-order valence-electron chi connectivity index (χ2n) is 9.15. The fraction of sp³-hybridized carbons (Fsp3) is 0.125. The van der Waals surface area contributed by atoms with Crippen molar-refractivity contribution < 1.29 is 19.2 Å². The Morgan fingerprint density at radius 3 is 2.66 bits per heavy atom. The summed E-state index contributed by atoms with van der Waals surface area (Å²) < 4.78 is 13.1. The van der Waals surface area contributed by atoms with Crippen LogP contribution in [-0.4, -0.2) is 23.7 Å². The Hall–Kier alpha value is -5.02. The Morgan fingerprint density at radius 2 is 1.85 bits per heavy atom. The minimum Gasteiger partial charge on any atom is -0.490 e. The maximum absolute atomic E-state index is 12.7. The third-order valence-electron chi connectivity index (χ3n) is 6.38. The van der Waals surface area contributed by atoms with Crippen molar-refractivity contribution in [2.45, 2.75) is 20.0 Å². The molecule has 1 amide bonds. The van der Waals surface area contributed by atoms with Crippen LogP contribution in [0.2, 0.25) is 0 Å². The van der Waals surface area contributed by atoms with Gasteiger partial charge in [-0.15, -0.1) is 17.9 Å². The first-order valence-corrected chi connectivity index (χ1v) is 13.8. The molecule has 9 heteroatoms. The molecule has 206 valence electrons. The number of amides is 1. The molecule has 0 spiro atoms. The highest BCUT2D eigenvalue weighted by atomic mass is 32.1. The van der Waals surface area contributed by atoms with Gasteiger partial charge in [-0.25, -0.2) is 5.43 Å². The lowest BCUT2D eigenvalue weighted by Crippen LogP contribution is -2.16. The monoisotopic (exact) mass is 565 g/mol. The van der Waals surface area contributed by atoms with Gasteiger partial charge >= 0.3 is 0 Å². The van der Waals surface area contributed by atoms with E-state index >= 15 is 0 Å². The summed E-state index contributed by atoms with van der Waals surface area (Å²) in [5, 5.41) is 18.1. The lowest BCUT2D eigenvalue weighted by Gasteiger charge is -2.17. The number of nitro groups is 1. The Labute approximate surface area is 240 Å². The summed E-state index contributed by atoms with van der Waals surface area (Å²) in [5.74, 6) is 0.808. The van der Waals surface area contributed by atoms with Crippen molar-refractivity contribution >= 4 is 50.0 Å². The van der Waals surface area contributed by atoms with Gasteiger partial charge < -0.3 is 9.47 Å². The second kappa shape index (κ2) is 12.4. The normalized spacial score (nSPS) is 11.1. The predicted octanol–water partition coefficient (Wildman–Crippen LogP) is 7.43. The average Bonchev–Trinajstić information content (AvgIpc) is 3.41. The number of rotatable bonds is 11. The van der Waals surface area contributed by atoms with Crippen molar-refractivity contribution in [3.63, 3.8) is 0 Å². The summed E-state index contributed by atoms with van der Waals surface area (Å²) in [6.45, 7) is 6.61. The first-order valence-electron chi connectivity index (χ1n) is 13.0. The van der Waals surface area contributed by atoms with E-state index in [4.69, 9.17) is 9.47 Å². The number of allylic oxidation sites excluding steroid dienone is 1.